The van der Waals surface area contributed by atoms with Crippen molar-refractivity contribution < 1.29 is 9.53 Å². The molecule has 2 fully saturated rings. The zero-order valence-corrected chi connectivity index (χ0v) is 27.3. The van der Waals surface area contributed by atoms with Gasteiger partial charge in [-0.2, -0.15) is 5.26 Å². The molecule has 5 aromatic rings. The minimum atomic E-state index is -0.647. The van der Waals surface area contributed by atoms with Crippen molar-refractivity contribution in [3.05, 3.63) is 102 Å². The van der Waals surface area contributed by atoms with Gasteiger partial charge in [0.15, 0.2) is 0 Å². The molecule has 3 aromatic carbocycles. The van der Waals surface area contributed by atoms with E-state index >= 15 is 0 Å². The molecule has 2 aliphatic carbocycles. The van der Waals surface area contributed by atoms with Crippen LogP contribution in [-0.2, 0) is 9.53 Å². The lowest BCUT2D eigenvalue weighted by Gasteiger charge is -2.33. The Hall–Kier alpha value is -4.18. The second-order valence-corrected chi connectivity index (χ2v) is 15.7. The molecule has 4 atom stereocenters. The summed E-state index contributed by atoms with van der Waals surface area (Å²) in [4.78, 5) is 17.6. The van der Waals surface area contributed by atoms with Crippen LogP contribution in [0.5, 0.6) is 0 Å². The summed E-state index contributed by atoms with van der Waals surface area (Å²) in [5.41, 5.74) is 6.88. The lowest BCUT2D eigenvalue weighted by molar-refractivity contribution is -0.149. The highest BCUT2D eigenvalue weighted by Gasteiger charge is 2.55. The van der Waals surface area contributed by atoms with Crippen LogP contribution in [0.15, 0.2) is 90.5 Å². The van der Waals surface area contributed by atoms with Crippen LogP contribution >= 0.6 is 22.7 Å². The quantitative estimate of drug-likeness (QED) is 0.111. The summed E-state index contributed by atoms with van der Waals surface area (Å²) in [7, 11) is 0. The van der Waals surface area contributed by atoms with E-state index in [0.29, 0.717) is 12.0 Å². The molecule has 8 rings (SSSR count). The van der Waals surface area contributed by atoms with Gasteiger partial charge in [0.1, 0.15) is 17.2 Å². The highest BCUT2D eigenvalue weighted by atomic mass is 32.1. The molecule has 45 heavy (non-hydrogen) atoms. The molecule has 2 bridgehead atoms. The van der Waals surface area contributed by atoms with Crippen LogP contribution in [0.3, 0.4) is 0 Å². The number of esters is 1. The van der Waals surface area contributed by atoms with E-state index in [9.17, 15) is 10.1 Å². The third-order valence-corrected chi connectivity index (χ3v) is 12.0. The number of fused-ring (bicyclic) bond motifs is 8. The number of carbonyl (C=O) groups is 1. The summed E-state index contributed by atoms with van der Waals surface area (Å²) in [6.07, 6.45) is 5.70. The molecule has 6 heteroatoms. The van der Waals surface area contributed by atoms with Gasteiger partial charge < -0.3 is 9.64 Å². The predicted octanol–water partition coefficient (Wildman–Crippen LogP) is 10.6. The van der Waals surface area contributed by atoms with Gasteiger partial charge in [-0.25, -0.2) is 4.79 Å². The molecule has 2 saturated carbocycles. The Morgan fingerprint density at radius 3 is 2.24 bits per heavy atom. The molecule has 0 spiro atoms. The SMILES string of the molecule is CC(C)(C)OC(=O)/C(C#N)=C/c1ccc(-c2cc3sc(-c4ccc5c(c4)C4C6CCC(C6)C4N5c4ccccc4)cc3s2)cc1. The number of carbonyl (C=O) groups excluding carboxylic acids is 1. The smallest absolute Gasteiger partial charge is 0.349 e. The van der Waals surface area contributed by atoms with Gasteiger partial charge in [0, 0.05) is 42.5 Å². The summed E-state index contributed by atoms with van der Waals surface area (Å²) in [5.74, 6) is 1.64. The number of nitrogens with zero attached hydrogens (tertiary/aromatic N) is 2. The van der Waals surface area contributed by atoms with Crippen LogP contribution in [-0.4, -0.2) is 17.6 Å². The number of rotatable bonds is 5. The molecule has 2 aromatic heterocycles. The summed E-state index contributed by atoms with van der Waals surface area (Å²) < 4.78 is 7.97. The zero-order valence-electron chi connectivity index (χ0n) is 25.6. The molecule has 0 saturated heterocycles. The molecular weight excluding hydrogens is 593 g/mol. The molecule has 1 aliphatic heterocycles. The van der Waals surface area contributed by atoms with E-state index in [1.165, 1.54) is 55.4 Å². The molecule has 0 radical (unpaired) electrons. The predicted molar refractivity (Wildman–Crippen MR) is 186 cm³/mol. The molecule has 0 N–H and O–H groups in total. The Morgan fingerprint density at radius 2 is 1.56 bits per heavy atom. The van der Waals surface area contributed by atoms with Gasteiger partial charge in [0.25, 0.3) is 0 Å². The van der Waals surface area contributed by atoms with Crippen LogP contribution in [0.1, 0.15) is 57.1 Å². The number of anilines is 2. The fourth-order valence-electron chi connectivity index (χ4n) is 7.83. The summed E-state index contributed by atoms with van der Waals surface area (Å²) >= 11 is 3.68. The molecule has 224 valence electrons. The van der Waals surface area contributed by atoms with Crippen molar-refractivity contribution in [3.8, 4) is 27.0 Å². The molecule has 4 nitrogen and oxygen atoms in total. The van der Waals surface area contributed by atoms with Gasteiger partial charge in [-0.15, -0.1) is 22.7 Å². The van der Waals surface area contributed by atoms with Gasteiger partial charge in [-0.3, -0.25) is 0 Å². The Labute approximate surface area is 272 Å². The first-order valence-corrected chi connectivity index (χ1v) is 17.4. The standard InChI is InChI=1S/C39H34N2O2S2/c1-39(2,3)43-38(42)28(22-40)17-23-9-11-24(12-10-23)32-20-34-35(44-32)21-33(45-34)25-15-16-31-30(19-25)36-26-13-14-27(18-26)37(36)41(31)29-7-5-4-6-8-29/h4-12,15-17,19-21,26-27,36-37H,13-14,18H2,1-3H3/b28-17+. The van der Waals surface area contributed by atoms with E-state index in [4.69, 9.17) is 4.74 Å². The summed E-state index contributed by atoms with van der Waals surface area (Å²) in [6, 6.07) is 33.4. The van der Waals surface area contributed by atoms with E-state index < -0.39 is 11.6 Å². The van der Waals surface area contributed by atoms with E-state index in [-0.39, 0.29) is 5.57 Å². The Balaban J connectivity index is 1.06. The number of nitriles is 1. The molecule has 3 heterocycles. The van der Waals surface area contributed by atoms with Crippen LogP contribution < -0.4 is 4.90 Å². The lowest BCUT2D eigenvalue weighted by Crippen LogP contribution is -2.35. The van der Waals surface area contributed by atoms with E-state index in [1.807, 2.05) is 40.9 Å². The summed E-state index contributed by atoms with van der Waals surface area (Å²) in [6.45, 7) is 5.38. The number of para-hydroxylation sites is 1. The summed E-state index contributed by atoms with van der Waals surface area (Å²) in [5, 5.41) is 9.50. The topological polar surface area (TPSA) is 53.3 Å². The maximum Gasteiger partial charge on any atom is 0.349 e. The van der Waals surface area contributed by atoms with Crippen molar-refractivity contribution in [2.45, 2.75) is 57.6 Å². The van der Waals surface area contributed by atoms with E-state index in [2.05, 4.69) is 77.7 Å². The third kappa shape index (κ3) is 4.99. The molecular formula is C39H34N2O2S2. The second-order valence-electron chi connectivity index (χ2n) is 13.6. The van der Waals surface area contributed by atoms with Gasteiger partial charge in [-0.05, 0) is 117 Å². The van der Waals surface area contributed by atoms with Crippen LogP contribution in [0.25, 0.3) is 36.4 Å². The normalized spacial score (nSPS) is 22.0. The van der Waals surface area contributed by atoms with E-state index in [1.54, 1.807) is 32.4 Å². The molecule has 0 amide bonds. The second kappa shape index (κ2) is 10.7. The van der Waals surface area contributed by atoms with Gasteiger partial charge in [-0.1, -0.05) is 48.5 Å². The van der Waals surface area contributed by atoms with Crippen molar-refractivity contribution in [1.82, 2.24) is 0 Å². The van der Waals surface area contributed by atoms with Gasteiger partial charge in [0.2, 0.25) is 0 Å². The minimum Gasteiger partial charge on any atom is -0.456 e. The van der Waals surface area contributed by atoms with Gasteiger partial charge in [0.05, 0.1) is 0 Å². The highest BCUT2D eigenvalue weighted by Crippen LogP contribution is 2.62. The van der Waals surface area contributed by atoms with Crippen LogP contribution in [0.4, 0.5) is 11.4 Å². The van der Waals surface area contributed by atoms with Crippen molar-refractivity contribution in [2.24, 2.45) is 11.8 Å². The largest absolute Gasteiger partial charge is 0.456 e. The number of ether oxygens (including phenoxy) is 1. The Bertz CT molecular complexity index is 1970. The van der Waals surface area contributed by atoms with Crippen LogP contribution in [0.2, 0.25) is 0 Å². The van der Waals surface area contributed by atoms with Gasteiger partial charge >= 0.3 is 5.97 Å². The first-order valence-electron chi connectivity index (χ1n) is 15.7. The average Bonchev–Trinajstić information content (AvgIpc) is 3.84. The molecule has 3 aliphatic rings. The maximum absolute atomic E-state index is 12.4. The van der Waals surface area contributed by atoms with Crippen molar-refractivity contribution in [3.63, 3.8) is 0 Å². The number of thiophene rings is 2. The molecule has 4 unspecified atom stereocenters. The maximum atomic E-state index is 12.4. The van der Waals surface area contributed by atoms with Crippen molar-refractivity contribution in [1.29, 1.82) is 5.26 Å². The highest BCUT2D eigenvalue weighted by molar-refractivity contribution is 7.31. The first-order chi connectivity index (χ1) is 21.8. The third-order valence-electron chi connectivity index (χ3n) is 9.59. The average molecular weight is 627 g/mol. The lowest BCUT2D eigenvalue weighted by atomic mass is 9.82. The van der Waals surface area contributed by atoms with Crippen LogP contribution in [0, 0.1) is 23.2 Å². The Kier molecular flexibility index (Phi) is 6.74. The first kappa shape index (κ1) is 28.3. The minimum absolute atomic E-state index is 0.00266. The fourth-order valence-corrected chi connectivity index (χ4v) is 10.2. The fraction of sp³-hybridized carbons (Fsp3) is 0.282. The number of benzene rings is 3. The van der Waals surface area contributed by atoms with E-state index in [0.717, 1.165) is 23.0 Å². The van der Waals surface area contributed by atoms with Crippen molar-refractivity contribution >= 4 is 55.5 Å². The zero-order chi connectivity index (χ0) is 30.9. The monoisotopic (exact) mass is 626 g/mol. The number of hydrogen-bond donors (Lipinski definition) is 0. The van der Waals surface area contributed by atoms with Crippen molar-refractivity contribution in [2.75, 3.05) is 4.90 Å². The number of hydrogen-bond acceptors (Lipinski definition) is 6. The Morgan fingerprint density at radius 1 is 0.889 bits per heavy atom.